The SMILES string of the molecule is CCOC(=O)c1oc2cnc(Br)cc2c1N(C(=O)OCC)[C@H]1C[C@]12CCO[C@@H](CC)C2. The standard InChI is InChI=1S/C22H27BrN2O6/c1-4-13-10-22(7-8-30-13)11-16(22)25(21(27)29-6-3)18-14-9-17(23)24-12-15(14)31-19(18)20(26)28-5-2/h9,12-13,16H,4-8,10-11H2,1-3H3/t13-,16-,22+/m0/s1. The Morgan fingerprint density at radius 2 is 2.03 bits per heavy atom. The van der Waals surface area contributed by atoms with E-state index in [1.165, 1.54) is 6.20 Å². The lowest BCUT2D eigenvalue weighted by Crippen LogP contribution is -2.40. The van der Waals surface area contributed by atoms with E-state index >= 15 is 0 Å². The summed E-state index contributed by atoms with van der Waals surface area (Å²) in [5.74, 6) is -0.627. The highest BCUT2D eigenvalue weighted by Gasteiger charge is 2.61. The molecule has 1 aliphatic heterocycles. The van der Waals surface area contributed by atoms with Crippen molar-refractivity contribution < 1.29 is 28.2 Å². The Bertz CT molecular complexity index is 992. The number of amides is 1. The minimum Gasteiger partial charge on any atom is -0.460 e. The second kappa shape index (κ2) is 8.78. The summed E-state index contributed by atoms with van der Waals surface area (Å²) >= 11 is 3.38. The molecule has 0 radical (unpaired) electrons. The van der Waals surface area contributed by atoms with Gasteiger partial charge in [0.15, 0.2) is 5.58 Å². The van der Waals surface area contributed by atoms with Crippen LogP contribution in [0.2, 0.25) is 0 Å². The van der Waals surface area contributed by atoms with Gasteiger partial charge in [-0.3, -0.25) is 4.90 Å². The smallest absolute Gasteiger partial charge is 0.414 e. The largest absolute Gasteiger partial charge is 0.460 e. The monoisotopic (exact) mass is 494 g/mol. The van der Waals surface area contributed by atoms with Gasteiger partial charge in [0.2, 0.25) is 5.76 Å². The molecule has 2 fully saturated rings. The van der Waals surface area contributed by atoms with Crippen LogP contribution in [-0.4, -0.2) is 49.0 Å². The molecule has 3 heterocycles. The molecule has 9 heteroatoms. The van der Waals surface area contributed by atoms with Crippen molar-refractivity contribution in [2.75, 3.05) is 24.7 Å². The number of rotatable bonds is 6. The van der Waals surface area contributed by atoms with E-state index in [9.17, 15) is 9.59 Å². The number of hydrogen-bond donors (Lipinski definition) is 0. The summed E-state index contributed by atoms with van der Waals surface area (Å²) in [4.78, 5) is 31.8. The van der Waals surface area contributed by atoms with Gasteiger partial charge in [0.05, 0.1) is 25.5 Å². The molecule has 1 saturated heterocycles. The Labute approximate surface area is 189 Å². The average Bonchev–Trinajstić information content (AvgIpc) is 3.28. The summed E-state index contributed by atoms with van der Waals surface area (Å²) in [5, 5.41) is 0.610. The minimum atomic E-state index is -0.618. The summed E-state index contributed by atoms with van der Waals surface area (Å²) < 4.78 is 22.9. The van der Waals surface area contributed by atoms with Crippen molar-refractivity contribution >= 4 is 44.6 Å². The van der Waals surface area contributed by atoms with Gasteiger partial charge in [0.25, 0.3) is 0 Å². The Balaban J connectivity index is 1.82. The first-order chi connectivity index (χ1) is 14.9. The van der Waals surface area contributed by atoms with Gasteiger partial charge in [-0.15, -0.1) is 0 Å². The van der Waals surface area contributed by atoms with E-state index in [-0.39, 0.29) is 36.5 Å². The summed E-state index contributed by atoms with van der Waals surface area (Å²) in [6, 6.07) is 1.64. The summed E-state index contributed by atoms with van der Waals surface area (Å²) in [5.41, 5.74) is 0.742. The van der Waals surface area contributed by atoms with Crippen LogP contribution in [0.1, 0.15) is 57.0 Å². The zero-order valence-electron chi connectivity index (χ0n) is 18.0. The third-order valence-electron chi connectivity index (χ3n) is 6.18. The fourth-order valence-corrected chi connectivity index (χ4v) is 4.92. The zero-order chi connectivity index (χ0) is 22.2. The molecule has 2 aliphatic rings. The molecule has 168 valence electrons. The van der Waals surface area contributed by atoms with E-state index in [0.717, 1.165) is 25.7 Å². The van der Waals surface area contributed by atoms with Crippen LogP contribution in [0.25, 0.3) is 11.0 Å². The molecule has 0 unspecified atom stereocenters. The molecule has 1 amide bonds. The fraction of sp³-hybridized carbons (Fsp3) is 0.591. The first-order valence-electron chi connectivity index (χ1n) is 10.8. The normalized spacial score (nSPS) is 24.9. The predicted octanol–water partition coefficient (Wildman–Crippen LogP) is 5.08. The van der Waals surface area contributed by atoms with Gasteiger partial charge in [-0.2, -0.15) is 0 Å². The van der Waals surface area contributed by atoms with Gasteiger partial charge >= 0.3 is 12.1 Å². The lowest BCUT2D eigenvalue weighted by atomic mass is 9.90. The molecular formula is C22H27BrN2O6. The maximum atomic E-state index is 13.2. The molecule has 3 atom stereocenters. The third-order valence-corrected chi connectivity index (χ3v) is 6.62. The third kappa shape index (κ3) is 4.05. The van der Waals surface area contributed by atoms with E-state index in [1.54, 1.807) is 24.8 Å². The number of nitrogens with zero attached hydrogens (tertiary/aromatic N) is 2. The van der Waals surface area contributed by atoms with Gasteiger partial charge < -0.3 is 18.6 Å². The summed E-state index contributed by atoms with van der Waals surface area (Å²) in [7, 11) is 0. The Hall–Kier alpha value is -2.13. The van der Waals surface area contributed by atoms with Crippen molar-refractivity contribution in [2.45, 2.75) is 58.6 Å². The second-order valence-electron chi connectivity index (χ2n) is 8.01. The van der Waals surface area contributed by atoms with E-state index in [4.69, 9.17) is 18.6 Å². The first-order valence-corrected chi connectivity index (χ1v) is 11.6. The molecule has 0 bridgehead atoms. The first kappa shape index (κ1) is 22.1. The molecule has 1 aliphatic carbocycles. The molecule has 31 heavy (non-hydrogen) atoms. The van der Waals surface area contributed by atoms with E-state index in [2.05, 4.69) is 27.8 Å². The fourth-order valence-electron chi connectivity index (χ4n) is 4.59. The maximum Gasteiger partial charge on any atom is 0.414 e. The van der Waals surface area contributed by atoms with Gasteiger partial charge in [-0.25, -0.2) is 14.6 Å². The molecule has 2 aromatic rings. The van der Waals surface area contributed by atoms with Gasteiger partial charge in [0, 0.05) is 18.0 Å². The Kier molecular flexibility index (Phi) is 6.25. The van der Waals surface area contributed by atoms with Crippen LogP contribution in [0.4, 0.5) is 10.5 Å². The van der Waals surface area contributed by atoms with Crippen LogP contribution in [0.5, 0.6) is 0 Å². The molecular weight excluding hydrogens is 468 g/mol. The van der Waals surface area contributed by atoms with Crippen LogP contribution in [-0.2, 0) is 14.2 Å². The zero-order valence-corrected chi connectivity index (χ0v) is 19.6. The van der Waals surface area contributed by atoms with Crippen molar-refractivity contribution in [3.05, 3.63) is 22.6 Å². The number of aromatic nitrogens is 1. The maximum absolute atomic E-state index is 13.2. The van der Waals surface area contributed by atoms with E-state index < -0.39 is 12.1 Å². The lowest BCUT2D eigenvalue weighted by Gasteiger charge is -2.32. The van der Waals surface area contributed by atoms with Crippen LogP contribution in [0.15, 0.2) is 21.3 Å². The molecule has 0 aromatic carbocycles. The number of carbonyl (C=O) groups is 2. The number of fused-ring (bicyclic) bond motifs is 1. The summed E-state index contributed by atoms with van der Waals surface area (Å²) in [6.07, 6.45) is 4.69. The topological polar surface area (TPSA) is 91.1 Å². The van der Waals surface area contributed by atoms with Crippen molar-refractivity contribution in [1.82, 2.24) is 4.98 Å². The highest BCUT2D eigenvalue weighted by Crippen LogP contribution is 2.59. The number of carbonyl (C=O) groups excluding carboxylic acids is 2. The van der Waals surface area contributed by atoms with Crippen LogP contribution < -0.4 is 4.90 Å². The van der Waals surface area contributed by atoms with Crippen molar-refractivity contribution in [1.29, 1.82) is 0 Å². The highest BCUT2D eigenvalue weighted by molar-refractivity contribution is 9.10. The molecule has 1 spiro atoms. The number of ether oxygens (including phenoxy) is 3. The molecule has 0 N–H and O–H groups in total. The van der Waals surface area contributed by atoms with Gasteiger partial charge in [0.1, 0.15) is 10.3 Å². The van der Waals surface area contributed by atoms with Gasteiger partial charge in [-0.1, -0.05) is 6.92 Å². The van der Waals surface area contributed by atoms with Crippen molar-refractivity contribution in [2.24, 2.45) is 5.41 Å². The predicted molar refractivity (Wildman–Crippen MR) is 117 cm³/mol. The Morgan fingerprint density at radius 3 is 2.74 bits per heavy atom. The molecule has 1 saturated carbocycles. The number of esters is 1. The van der Waals surface area contributed by atoms with Crippen LogP contribution in [0.3, 0.4) is 0 Å². The van der Waals surface area contributed by atoms with Crippen LogP contribution in [0, 0.1) is 5.41 Å². The Morgan fingerprint density at radius 1 is 1.26 bits per heavy atom. The van der Waals surface area contributed by atoms with E-state index in [0.29, 0.717) is 27.9 Å². The number of pyridine rings is 1. The number of anilines is 1. The van der Waals surface area contributed by atoms with E-state index in [1.807, 2.05) is 0 Å². The average molecular weight is 495 g/mol. The lowest BCUT2D eigenvalue weighted by molar-refractivity contribution is -0.0193. The highest BCUT2D eigenvalue weighted by atomic mass is 79.9. The number of furan rings is 1. The number of hydrogen-bond acceptors (Lipinski definition) is 7. The quantitative estimate of drug-likeness (QED) is 0.408. The second-order valence-corrected chi connectivity index (χ2v) is 8.82. The minimum absolute atomic E-state index is 0.00838. The van der Waals surface area contributed by atoms with Gasteiger partial charge in [-0.05, 0) is 66.9 Å². The number of halogens is 1. The molecule has 2 aromatic heterocycles. The molecule has 4 rings (SSSR count). The van der Waals surface area contributed by atoms with Crippen molar-refractivity contribution in [3.63, 3.8) is 0 Å². The summed E-state index contributed by atoms with van der Waals surface area (Å²) in [6.45, 7) is 6.69. The van der Waals surface area contributed by atoms with Crippen LogP contribution >= 0.6 is 15.9 Å². The van der Waals surface area contributed by atoms with Crippen molar-refractivity contribution in [3.8, 4) is 0 Å². The molecule has 8 nitrogen and oxygen atoms in total.